The van der Waals surface area contributed by atoms with E-state index in [0.29, 0.717) is 0 Å². The second-order valence-electron chi connectivity index (χ2n) is 3.12. The summed E-state index contributed by atoms with van der Waals surface area (Å²) >= 11 is 0. The van der Waals surface area contributed by atoms with E-state index in [4.69, 9.17) is 5.11 Å². The molecule has 2 rings (SSSR count). The summed E-state index contributed by atoms with van der Waals surface area (Å²) in [6.45, 7) is 2.04. The minimum atomic E-state index is 0.0841. The van der Waals surface area contributed by atoms with Crippen molar-refractivity contribution < 1.29 is 5.11 Å². The molecular weight excluding hydrogens is 162 g/mol. The summed E-state index contributed by atoms with van der Waals surface area (Å²) in [6.07, 6.45) is 1.84. The SMILES string of the molecule is Cc1cc2c(CO)cccc2cn1. The van der Waals surface area contributed by atoms with E-state index in [2.05, 4.69) is 4.98 Å². The highest BCUT2D eigenvalue weighted by atomic mass is 16.3. The van der Waals surface area contributed by atoms with Crippen molar-refractivity contribution in [2.45, 2.75) is 13.5 Å². The molecule has 66 valence electrons. The van der Waals surface area contributed by atoms with Crippen LogP contribution in [-0.4, -0.2) is 10.1 Å². The Balaban J connectivity index is 2.79. The molecule has 1 aromatic heterocycles. The van der Waals surface area contributed by atoms with Crippen LogP contribution in [0.5, 0.6) is 0 Å². The van der Waals surface area contributed by atoms with E-state index in [9.17, 15) is 0 Å². The van der Waals surface area contributed by atoms with E-state index in [-0.39, 0.29) is 6.61 Å². The fourth-order valence-electron chi connectivity index (χ4n) is 1.48. The normalized spacial score (nSPS) is 10.6. The Kier molecular flexibility index (Phi) is 1.99. The fourth-order valence-corrected chi connectivity index (χ4v) is 1.48. The topological polar surface area (TPSA) is 33.1 Å². The molecule has 0 aliphatic rings. The van der Waals surface area contributed by atoms with Gasteiger partial charge in [-0.15, -0.1) is 0 Å². The zero-order valence-electron chi connectivity index (χ0n) is 7.49. The van der Waals surface area contributed by atoms with Gasteiger partial charge < -0.3 is 5.11 Å². The molecule has 0 saturated heterocycles. The van der Waals surface area contributed by atoms with Gasteiger partial charge in [-0.1, -0.05) is 18.2 Å². The quantitative estimate of drug-likeness (QED) is 0.715. The number of hydrogen-bond acceptors (Lipinski definition) is 2. The van der Waals surface area contributed by atoms with Crippen LogP contribution in [0.15, 0.2) is 30.5 Å². The maximum atomic E-state index is 9.11. The first-order valence-corrected chi connectivity index (χ1v) is 4.26. The third kappa shape index (κ3) is 1.40. The zero-order chi connectivity index (χ0) is 9.26. The van der Waals surface area contributed by atoms with Gasteiger partial charge in [0.1, 0.15) is 0 Å². The molecule has 0 aliphatic carbocycles. The first kappa shape index (κ1) is 8.20. The first-order chi connectivity index (χ1) is 6.31. The van der Waals surface area contributed by atoms with Crippen molar-refractivity contribution in [1.29, 1.82) is 0 Å². The number of aromatic nitrogens is 1. The van der Waals surface area contributed by atoms with Gasteiger partial charge >= 0.3 is 0 Å². The predicted octanol–water partition coefficient (Wildman–Crippen LogP) is 2.04. The minimum Gasteiger partial charge on any atom is -0.392 e. The Morgan fingerprint density at radius 1 is 1.38 bits per heavy atom. The molecule has 0 amide bonds. The fraction of sp³-hybridized carbons (Fsp3) is 0.182. The summed E-state index contributed by atoms with van der Waals surface area (Å²) in [5, 5.41) is 11.3. The molecule has 2 nitrogen and oxygen atoms in total. The van der Waals surface area contributed by atoms with Gasteiger partial charge in [-0.2, -0.15) is 0 Å². The van der Waals surface area contributed by atoms with Gasteiger partial charge in [-0.3, -0.25) is 4.98 Å². The van der Waals surface area contributed by atoms with Gasteiger partial charge in [0, 0.05) is 17.3 Å². The molecular formula is C11H11NO. The minimum absolute atomic E-state index is 0.0841. The van der Waals surface area contributed by atoms with Crippen molar-refractivity contribution >= 4 is 10.8 Å². The lowest BCUT2D eigenvalue weighted by molar-refractivity contribution is 0.283. The van der Waals surface area contributed by atoms with Gasteiger partial charge in [0.15, 0.2) is 0 Å². The first-order valence-electron chi connectivity index (χ1n) is 4.26. The van der Waals surface area contributed by atoms with Crippen LogP contribution in [0.25, 0.3) is 10.8 Å². The van der Waals surface area contributed by atoms with Gasteiger partial charge in [0.05, 0.1) is 6.61 Å². The van der Waals surface area contributed by atoms with Gasteiger partial charge in [0.2, 0.25) is 0 Å². The number of aliphatic hydroxyl groups is 1. The lowest BCUT2D eigenvalue weighted by Crippen LogP contribution is -1.88. The van der Waals surface area contributed by atoms with Crippen molar-refractivity contribution in [2.24, 2.45) is 0 Å². The number of fused-ring (bicyclic) bond motifs is 1. The summed E-state index contributed by atoms with van der Waals surface area (Å²) in [7, 11) is 0. The van der Waals surface area contributed by atoms with Crippen molar-refractivity contribution in [2.75, 3.05) is 0 Å². The van der Waals surface area contributed by atoms with Crippen LogP contribution in [0.3, 0.4) is 0 Å². The molecule has 0 saturated carbocycles. The lowest BCUT2D eigenvalue weighted by Gasteiger charge is -2.03. The monoisotopic (exact) mass is 173 g/mol. The smallest absolute Gasteiger partial charge is 0.0687 e. The van der Waals surface area contributed by atoms with E-state index in [0.717, 1.165) is 22.0 Å². The molecule has 0 unspecified atom stereocenters. The summed E-state index contributed by atoms with van der Waals surface area (Å²) in [5.74, 6) is 0. The number of benzene rings is 1. The average molecular weight is 173 g/mol. The van der Waals surface area contributed by atoms with E-state index in [1.807, 2.05) is 37.4 Å². The molecule has 0 fully saturated rings. The summed E-state index contributed by atoms with van der Waals surface area (Å²) < 4.78 is 0. The predicted molar refractivity (Wildman–Crippen MR) is 52.4 cm³/mol. The Morgan fingerprint density at radius 3 is 3.00 bits per heavy atom. The molecule has 13 heavy (non-hydrogen) atoms. The van der Waals surface area contributed by atoms with Crippen LogP contribution in [0.4, 0.5) is 0 Å². The summed E-state index contributed by atoms with van der Waals surface area (Å²) in [6, 6.07) is 7.87. The third-order valence-corrected chi connectivity index (χ3v) is 2.16. The molecule has 1 N–H and O–H groups in total. The molecule has 2 heteroatoms. The molecule has 1 heterocycles. The third-order valence-electron chi connectivity index (χ3n) is 2.16. The molecule has 0 radical (unpaired) electrons. The standard InChI is InChI=1S/C11H11NO/c1-8-5-11-9(6-12-8)3-2-4-10(11)7-13/h2-6,13H,7H2,1H3. The van der Waals surface area contributed by atoms with Crippen LogP contribution in [0, 0.1) is 6.92 Å². The Morgan fingerprint density at radius 2 is 2.23 bits per heavy atom. The van der Waals surface area contributed by atoms with Crippen molar-refractivity contribution in [3.63, 3.8) is 0 Å². The maximum Gasteiger partial charge on any atom is 0.0687 e. The number of aliphatic hydroxyl groups excluding tert-OH is 1. The largest absolute Gasteiger partial charge is 0.392 e. The average Bonchev–Trinajstić information content (AvgIpc) is 2.17. The van der Waals surface area contributed by atoms with Crippen molar-refractivity contribution in [3.8, 4) is 0 Å². The molecule has 0 aliphatic heterocycles. The van der Waals surface area contributed by atoms with Crippen LogP contribution < -0.4 is 0 Å². The Bertz CT molecular complexity index is 437. The van der Waals surface area contributed by atoms with Crippen LogP contribution in [0.2, 0.25) is 0 Å². The number of pyridine rings is 1. The van der Waals surface area contributed by atoms with E-state index < -0.39 is 0 Å². The molecule has 0 atom stereocenters. The molecule has 1 aromatic carbocycles. The van der Waals surface area contributed by atoms with Crippen LogP contribution in [-0.2, 0) is 6.61 Å². The van der Waals surface area contributed by atoms with Crippen LogP contribution in [0.1, 0.15) is 11.3 Å². The Labute approximate surface area is 76.9 Å². The second-order valence-corrected chi connectivity index (χ2v) is 3.12. The number of hydrogen-bond donors (Lipinski definition) is 1. The summed E-state index contributed by atoms with van der Waals surface area (Å²) in [5.41, 5.74) is 1.94. The van der Waals surface area contributed by atoms with E-state index >= 15 is 0 Å². The Hall–Kier alpha value is -1.41. The highest BCUT2D eigenvalue weighted by Gasteiger charge is 1.99. The van der Waals surface area contributed by atoms with Crippen LogP contribution >= 0.6 is 0 Å². The van der Waals surface area contributed by atoms with E-state index in [1.54, 1.807) is 0 Å². The lowest BCUT2D eigenvalue weighted by atomic mass is 10.1. The molecule has 2 aromatic rings. The zero-order valence-corrected chi connectivity index (χ0v) is 7.49. The molecule has 0 bridgehead atoms. The number of rotatable bonds is 1. The number of aryl methyl sites for hydroxylation is 1. The van der Waals surface area contributed by atoms with Gasteiger partial charge in [0.25, 0.3) is 0 Å². The van der Waals surface area contributed by atoms with Gasteiger partial charge in [-0.05, 0) is 23.9 Å². The van der Waals surface area contributed by atoms with E-state index in [1.165, 1.54) is 0 Å². The summed E-state index contributed by atoms with van der Waals surface area (Å²) in [4.78, 5) is 4.20. The van der Waals surface area contributed by atoms with Crippen molar-refractivity contribution in [3.05, 3.63) is 41.7 Å². The molecule has 0 spiro atoms. The van der Waals surface area contributed by atoms with Crippen molar-refractivity contribution in [1.82, 2.24) is 4.98 Å². The number of nitrogens with zero attached hydrogens (tertiary/aromatic N) is 1. The highest BCUT2D eigenvalue weighted by Crippen LogP contribution is 2.18. The maximum absolute atomic E-state index is 9.11. The second kappa shape index (κ2) is 3.15. The van der Waals surface area contributed by atoms with Gasteiger partial charge in [-0.25, -0.2) is 0 Å². The highest BCUT2D eigenvalue weighted by molar-refractivity contribution is 5.85.